The van der Waals surface area contributed by atoms with Crippen LogP contribution in [-0.4, -0.2) is 10.9 Å². The van der Waals surface area contributed by atoms with Crippen molar-refractivity contribution in [2.24, 2.45) is 7.05 Å². The van der Waals surface area contributed by atoms with E-state index in [-0.39, 0.29) is 0 Å². The van der Waals surface area contributed by atoms with E-state index >= 15 is 0 Å². The number of carbonyl (C=O) groups excluding carboxylic acids is 1. The third kappa shape index (κ3) is 2.55. The second-order valence-corrected chi connectivity index (χ2v) is 5.22. The summed E-state index contributed by atoms with van der Waals surface area (Å²) in [7, 11) is 2.06. The van der Waals surface area contributed by atoms with E-state index in [0.29, 0.717) is 0 Å². The summed E-state index contributed by atoms with van der Waals surface area (Å²) >= 11 is 0. The average molecular weight is 269 g/mol. The standard InChI is InChI=1S/C18H23NO/c1-4-6-10-14(9-5-2)18-16(13-20)15-11-7-8-12-17(15)19(18)3/h7-8,10-13H,4-6,9H2,1-3H3/b14-10-. The molecule has 0 bridgehead atoms. The van der Waals surface area contributed by atoms with Crippen LogP contribution in [0.1, 0.15) is 55.6 Å². The zero-order chi connectivity index (χ0) is 14.5. The quantitative estimate of drug-likeness (QED) is 0.678. The van der Waals surface area contributed by atoms with Crippen molar-refractivity contribution in [1.82, 2.24) is 4.57 Å². The highest BCUT2D eigenvalue weighted by atomic mass is 16.1. The topological polar surface area (TPSA) is 22.0 Å². The van der Waals surface area contributed by atoms with Gasteiger partial charge in [0.1, 0.15) is 0 Å². The van der Waals surface area contributed by atoms with E-state index in [0.717, 1.165) is 54.1 Å². The molecule has 0 aliphatic carbocycles. The molecule has 0 N–H and O–H groups in total. The number of hydrogen-bond acceptors (Lipinski definition) is 1. The highest BCUT2D eigenvalue weighted by molar-refractivity contribution is 6.03. The number of rotatable bonds is 6. The molecule has 106 valence electrons. The molecule has 0 saturated carbocycles. The number of aryl methyl sites for hydroxylation is 1. The van der Waals surface area contributed by atoms with E-state index in [4.69, 9.17) is 0 Å². The molecule has 20 heavy (non-hydrogen) atoms. The number of fused-ring (bicyclic) bond motifs is 1. The Bertz CT molecular complexity index is 634. The minimum atomic E-state index is 0.832. The van der Waals surface area contributed by atoms with Gasteiger partial charge in [-0.3, -0.25) is 4.79 Å². The first-order valence-electron chi connectivity index (χ1n) is 7.46. The van der Waals surface area contributed by atoms with Gasteiger partial charge in [-0.05, 0) is 24.5 Å². The second kappa shape index (κ2) is 6.56. The van der Waals surface area contributed by atoms with Crippen molar-refractivity contribution in [2.45, 2.75) is 39.5 Å². The number of unbranched alkanes of at least 4 members (excludes halogenated alkanes) is 1. The lowest BCUT2D eigenvalue weighted by atomic mass is 10.0. The third-order valence-electron chi connectivity index (χ3n) is 3.77. The van der Waals surface area contributed by atoms with Crippen LogP contribution in [-0.2, 0) is 7.05 Å². The summed E-state index contributed by atoms with van der Waals surface area (Å²) in [6, 6.07) is 8.13. The van der Waals surface area contributed by atoms with Gasteiger partial charge >= 0.3 is 0 Å². The lowest BCUT2D eigenvalue weighted by molar-refractivity contribution is 0.112. The Hall–Kier alpha value is -1.83. The summed E-state index contributed by atoms with van der Waals surface area (Å²) < 4.78 is 2.16. The van der Waals surface area contributed by atoms with E-state index in [2.05, 4.69) is 37.6 Å². The first-order chi connectivity index (χ1) is 9.74. The maximum absolute atomic E-state index is 11.6. The fourth-order valence-electron chi connectivity index (χ4n) is 2.84. The van der Waals surface area contributed by atoms with Gasteiger partial charge in [0.2, 0.25) is 0 Å². The number of para-hydroxylation sites is 1. The fraction of sp³-hybridized carbons (Fsp3) is 0.389. The lowest BCUT2D eigenvalue weighted by Gasteiger charge is -2.10. The van der Waals surface area contributed by atoms with Crippen LogP contribution in [0.25, 0.3) is 16.5 Å². The number of nitrogens with zero attached hydrogens (tertiary/aromatic N) is 1. The van der Waals surface area contributed by atoms with E-state index in [9.17, 15) is 4.79 Å². The van der Waals surface area contributed by atoms with Crippen molar-refractivity contribution in [3.8, 4) is 0 Å². The molecule has 2 aromatic rings. The van der Waals surface area contributed by atoms with E-state index in [1.165, 1.54) is 5.57 Å². The number of benzene rings is 1. The van der Waals surface area contributed by atoms with Gasteiger partial charge in [-0.1, -0.05) is 51.0 Å². The summed E-state index contributed by atoms with van der Waals surface area (Å²) in [6.45, 7) is 4.37. The lowest BCUT2D eigenvalue weighted by Crippen LogP contribution is -1.99. The van der Waals surface area contributed by atoms with Gasteiger partial charge < -0.3 is 4.57 Å². The molecule has 0 fully saturated rings. The zero-order valence-electron chi connectivity index (χ0n) is 12.6. The summed E-state index contributed by atoms with van der Waals surface area (Å²) in [6.07, 6.45) is 7.61. The van der Waals surface area contributed by atoms with E-state index in [1.54, 1.807) is 0 Å². The molecule has 2 heteroatoms. The van der Waals surface area contributed by atoms with Crippen LogP contribution < -0.4 is 0 Å². The van der Waals surface area contributed by atoms with Gasteiger partial charge in [0.25, 0.3) is 0 Å². The van der Waals surface area contributed by atoms with Gasteiger partial charge in [0.15, 0.2) is 6.29 Å². The van der Waals surface area contributed by atoms with Crippen LogP contribution in [0.4, 0.5) is 0 Å². The molecule has 0 spiro atoms. The van der Waals surface area contributed by atoms with Crippen LogP contribution in [0, 0.1) is 0 Å². The predicted octanol–water partition coefficient (Wildman–Crippen LogP) is 4.97. The highest BCUT2D eigenvalue weighted by Gasteiger charge is 2.16. The van der Waals surface area contributed by atoms with Gasteiger partial charge in [0, 0.05) is 23.5 Å². The molecular weight excluding hydrogens is 246 g/mol. The smallest absolute Gasteiger partial charge is 0.152 e. The van der Waals surface area contributed by atoms with Gasteiger partial charge in [-0.25, -0.2) is 0 Å². The minimum absolute atomic E-state index is 0.832. The number of hydrogen-bond donors (Lipinski definition) is 0. The van der Waals surface area contributed by atoms with Gasteiger partial charge in [-0.15, -0.1) is 0 Å². The summed E-state index contributed by atoms with van der Waals surface area (Å²) in [4.78, 5) is 11.6. The Morgan fingerprint density at radius 3 is 2.60 bits per heavy atom. The summed E-state index contributed by atoms with van der Waals surface area (Å²) in [5.41, 5.74) is 4.36. The summed E-state index contributed by atoms with van der Waals surface area (Å²) in [5, 5.41) is 1.05. The Kier molecular flexibility index (Phi) is 4.78. The Labute approximate surface area is 121 Å². The van der Waals surface area contributed by atoms with Crippen molar-refractivity contribution >= 4 is 22.8 Å². The molecule has 0 aliphatic heterocycles. The summed E-state index contributed by atoms with van der Waals surface area (Å²) in [5.74, 6) is 0. The third-order valence-corrected chi connectivity index (χ3v) is 3.77. The van der Waals surface area contributed by atoms with Crippen molar-refractivity contribution < 1.29 is 4.79 Å². The number of aldehydes is 1. The molecule has 0 unspecified atom stereocenters. The van der Waals surface area contributed by atoms with Crippen LogP contribution in [0.15, 0.2) is 30.3 Å². The van der Waals surface area contributed by atoms with Crippen molar-refractivity contribution in [1.29, 1.82) is 0 Å². The minimum Gasteiger partial charge on any atom is -0.343 e. The van der Waals surface area contributed by atoms with E-state index < -0.39 is 0 Å². The van der Waals surface area contributed by atoms with Gasteiger partial charge in [0.05, 0.1) is 5.69 Å². The van der Waals surface area contributed by atoms with Crippen LogP contribution in [0.5, 0.6) is 0 Å². The molecule has 1 aromatic carbocycles. The molecule has 0 radical (unpaired) electrons. The molecule has 2 nitrogen and oxygen atoms in total. The number of carbonyl (C=O) groups is 1. The first kappa shape index (κ1) is 14.6. The second-order valence-electron chi connectivity index (χ2n) is 5.22. The maximum Gasteiger partial charge on any atom is 0.152 e. The Morgan fingerprint density at radius 2 is 1.95 bits per heavy atom. The molecule has 2 rings (SSSR count). The van der Waals surface area contributed by atoms with Crippen LogP contribution in [0.3, 0.4) is 0 Å². The van der Waals surface area contributed by atoms with Crippen molar-refractivity contribution in [2.75, 3.05) is 0 Å². The predicted molar refractivity (Wildman–Crippen MR) is 86.1 cm³/mol. The molecule has 0 saturated heterocycles. The van der Waals surface area contributed by atoms with E-state index in [1.807, 2.05) is 18.2 Å². The average Bonchev–Trinajstić information content (AvgIpc) is 2.76. The maximum atomic E-state index is 11.6. The monoisotopic (exact) mass is 269 g/mol. The number of aromatic nitrogens is 1. The molecule has 1 aromatic heterocycles. The number of allylic oxidation sites excluding steroid dienone is 2. The molecule has 1 heterocycles. The molecule has 0 atom stereocenters. The van der Waals surface area contributed by atoms with Crippen molar-refractivity contribution in [3.05, 3.63) is 41.6 Å². The highest BCUT2D eigenvalue weighted by Crippen LogP contribution is 2.31. The fourth-order valence-corrected chi connectivity index (χ4v) is 2.84. The zero-order valence-corrected chi connectivity index (χ0v) is 12.6. The van der Waals surface area contributed by atoms with Crippen molar-refractivity contribution in [3.63, 3.8) is 0 Å². The molecule has 0 amide bonds. The largest absolute Gasteiger partial charge is 0.343 e. The van der Waals surface area contributed by atoms with Gasteiger partial charge in [-0.2, -0.15) is 0 Å². The normalized spacial score (nSPS) is 12.1. The first-order valence-corrected chi connectivity index (χ1v) is 7.46. The SMILES string of the molecule is CCC/C=C(/CCC)c1c(C=O)c2ccccc2n1C. The molecule has 0 aliphatic rings. The Morgan fingerprint density at radius 1 is 1.20 bits per heavy atom. The molecular formula is C18H23NO. The van der Waals surface area contributed by atoms with Crippen LogP contribution >= 0.6 is 0 Å². The Balaban J connectivity index is 2.67. The van der Waals surface area contributed by atoms with Crippen LogP contribution in [0.2, 0.25) is 0 Å².